The van der Waals surface area contributed by atoms with Gasteiger partial charge in [-0.05, 0) is 18.8 Å². The molecule has 11 nitrogen and oxygen atoms in total. The third-order valence-corrected chi connectivity index (χ3v) is 7.05. The number of hydrogen-bond donors (Lipinski definition) is 1. The molecule has 1 N–H and O–H groups in total. The molecule has 0 aromatic carbocycles. The Hall–Kier alpha value is -2.79. The first-order valence-electron chi connectivity index (χ1n) is 14.0. The maximum absolute atomic E-state index is 14.2. The van der Waals surface area contributed by atoms with Crippen LogP contribution in [-0.2, 0) is 24.5 Å². The summed E-state index contributed by atoms with van der Waals surface area (Å²) in [6, 6.07) is -0.308. The molecular formula is C28H46N6O5. The SMILES string of the molecule is COCCCNc1nc(C(C)(C)C)ncc1C(=O)N(CC(C)C)[C@H]1C[C@@H](C(=O)N2CCOCC2)CN(C=O)C1. The molecule has 0 bridgehead atoms. The van der Waals surface area contributed by atoms with Crippen LogP contribution in [0.5, 0.6) is 0 Å². The highest BCUT2D eigenvalue weighted by molar-refractivity contribution is 5.98. The van der Waals surface area contributed by atoms with Crippen molar-refractivity contribution in [1.82, 2.24) is 24.7 Å². The van der Waals surface area contributed by atoms with E-state index in [0.717, 1.165) is 12.8 Å². The van der Waals surface area contributed by atoms with Gasteiger partial charge >= 0.3 is 0 Å². The Bertz CT molecular complexity index is 976. The number of morpholine rings is 1. The molecule has 0 unspecified atom stereocenters. The molecule has 39 heavy (non-hydrogen) atoms. The van der Waals surface area contributed by atoms with Crippen molar-refractivity contribution in [3.63, 3.8) is 0 Å². The minimum Gasteiger partial charge on any atom is -0.385 e. The minimum absolute atomic E-state index is 0.0187. The largest absolute Gasteiger partial charge is 0.385 e. The van der Waals surface area contributed by atoms with Gasteiger partial charge in [-0.3, -0.25) is 14.4 Å². The van der Waals surface area contributed by atoms with Gasteiger partial charge in [0.05, 0.1) is 25.2 Å². The summed E-state index contributed by atoms with van der Waals surface area (Å²) in [4.78, 5) is 54.1. The highest BCUT2D eigenvalue weighted by atomic mass is 16.5. The molecular weight excluding hydrogens is 500 g/mol. The summed E-state index contributed by atoms with van der Waals surface area (Å²) in [5.41, 5.74) is 0.101. The number of carbonyl (C=O) groups excluding carboxylic acids is 3. The van der Waals surface area contributed by atoms with Crippen LogP contribution in [0.25, 0.3) is 0 Å². The summed E-state index contributed by atoms with van der Waals surface area (Å²) >= 11 is 0. The molecule has 0 radical (unpaired) electrons. The van der Waals surface area contributed by atoms with Crippen LogP contribution in [0.1, 0.15) is 63.6 Å². The molecule has 0 saturated carbocycles. The molecule has 11 heteroatoms. The van der Waals surface area contributed by atoms with Gasteiger partial charge in [-0.25, -0.2) is 9.97 Å². The number of nitrogens with one attached hydrogen (secondary N) is 1. The summed E-state index contributed by atoms with van der Waals surface area (Å²) < 4.78 is 10.6. The highest BCUT2D eigenvalue weighted by Gasteiger charge is 2.39. The predicted octanol–water partition coefficient (Wildman–Crippen LogP) is 2.03. The molecule has 218 valence electrons. The number of rotatable bonds is 11. The second-order valence-corrected chi connectivity index (χ2v) is 11.9. The Kier molecular flexibility index (Phi) is 11.1. The number of likely N-dealkylation sites (tertiary alicyclic amines) is 1. The fourth-order valence-corrected chi connectivity index (χ4v) is 5.04. The van der Waals surface area contributed by atoms with Gasteiger partial charge in [-0.15, -0.1) is 0 Å². The van der Waals surface area contributed by atoms with Crippen LogP contribution >= 0.6 is 0 Å². The third-order valence-electron chi connectivity index (χ3n) is 7.05. The zero-order valence-electron chi connectivity index (χ0n) is 24.4. The first-order chi connectivity index (χ1) is 18.5. The van der Waals surface area contributed by atoms with E-state index >= 15 is 0 Å². The van der Waals surface area contributed by atoms with E-state index in [0.29, 0.717) is 82.7 Å². The first-order valence-corrected chi connectivity index (χ1v) is 14.0. The number of piperidine rings is 1. The van der Waals surface area contributed by atoms with Gasteiger partial charge in [0.2, 0.25) is 12.3 Å². The number of methoxy groups -OCH3 is 1. The van der Waals surface area contributed by atoms with E-state index in [4.69, 9.17) is 14.5 Å². The number of anilines is 1. The highest BCUT2D eigenvalue weighted by Crippen LogP contribution is 2.27. The van der Waals surface area contributed by atoms with Crippen LogP contribution < -0.4 is 5.32 Å². The maximum atomic E-state index is 14.2. The van der Waals surface area contributed by atoms with E-state index in [1.807, 2.05) is 30.6 Å². The predicted molar refractivity (Wildman–Crippen MR) is 149 cm³/mol. The number of nitrogens with zero attached hydrogens (tertiary/aromatic N) is 5. The molecule has 0 aliphatic carbocycles. The van der Waals surface area contributed by atoms with E-state index in [1.54, 1.807) is 18.2 Å². The molecule has 2 saturated heterocycles. The second kappa shape index (κ2) is 14.0. The second-order valence-electron chi connectivity index (χ2n) is 11.9. The van der Waals surface area contributed by atoms with Crippen LogP contribution in [-0.4, -0.2) is 115 Å². The molecule has 2 atom stereocenters. The van der Waals surface area contributed by atoms with Crippen molar-refractivity contribution >= 4 is 24.0 Å². The standard InChI is InChI=1S/C28H46N6O5/c1-20(2)16-34(22-14-21(17-32(18-22)19-35)25(36)33-9-12-39-13-10-33)26(37)23-15-30-27(28(3,4)5)31-24(23)29-8-7-11-38-6/h15,19-22H,7-14,16-18H2,1-6H3,(H,29,30,31)/t21-,22+/m1/s1. The number of hydrogen-bond acceptors (Lipinski definition) is 8. The van der Waals surface area contributed by atoms with Gasteiger partial charge in [0.15, 0.2) is 0 Å². The quantitative estimate of drug-likeness (QED) is 0.331. The van der Waals surface area contributed by atoms with Gasteiger partial charge in [0, 0.05) is 64.6 Å². The molecule has 3 rings (SSSR count). The monoisotopic (exact) mass is 546 g/mol. The van der Waals surface area contributed by atoms with Crippen LogP contribution in [0, 0.1) is 11.8 Å². The average Bonchev–Trinajstić information content (AvgIpc) is 2.92. The Morgan fingerprint density at radius 3 is 2.59 bits per heavy atom. The van der Waals surface area contributed by atoms with Gasteiger partial charge < -0.3 is 29.5 Å². The van der Waals surface area contributed by atoms with Crippen LogP contribution in [0.3, 0.4) is 0 Å². The van der Waals surface area contributed by atoms with Gasteiger partial charge in [0.25, 0.3) is 5.91 Å². The number of ether oxygens (including phenoxy) is 2. The van der Waals surface area contributed by atoms with Crippen molar-refractivity contribution in [2.24, 2.45) is 11.8 Å². The summed E-state index contributed by atoms with van der Waals surface area (Å²) in [5.74, 6) is 0.764. The number of aromatic nitrogens is 2. The van der Waals surface area contributed by atoms with Crippen molar-refractivity contribution in [2.45, 2.75) is 58.9 Å². The average molecular weight is 547 g/mol. The molecule has 1 aromatic rings. The molecule has 3 amide bonds. The van der Waals surface area contributed by atoms with Crippen molar-refractivity contribution in [3.05, 3.63) is 17.6 Å². The van der Waals surface area contributed by atoms with E-state index in [1.165, 1.54) is 0 Å². The Morgan fingerprint density at radius 1 is 1.26 bits per heavy atom. The molecule has 1 aromatic heterocycles. The van der Waals surface area contributed by atoms with E-state index in [-0.39, 0.29) is 35.1 Å². The summed E-state index contributed by atoms with van der Waals surface area (Å²) in [5, 5.41) is 3.32. The van der Waals surface area contributed by atoms with Gasteiger partial charge in [0.1, 0.15) is 17.2 Å². The maximum Gasteiger partial charge on any atom is 0.259 e. The Morgan fingerprint density at radius 2 is 1.97 bits per heavy atom. The van der Waals surface area contributed by atoms with E-state index in [2.05, 4.69) is 24.1 Å². The topological polar surface area (TPSA) is 117 Å². The van der Waals surface area contributed by atoms with Crippen LogP contribution in [0.2, 0.25) is 0 Å². The summed E-state index contributed by atoms with van der Waals surface area (Å²) in [6.07, 6.45) is 3.65. The van der Waals surface area contributed by atoms with Gasteiger partial charge in [-0.1, -0.05) is 34.6 Å². The lowest BCUT2D eigenvalue weighted by Gasteiger charge is -2.43. The zero-order valence-corrected chi connectivity index (χ0v) is 24.4. The van der Waals surface area contributed by atoms with Crippen LogP contribution in [0.15, 0.2) is 6.20 Å². The number of carbonyl (C=O) groups is 3. The van der Waals surface area contributed by atoms with Crippen molar-refractivity contribution in [2.75, 3.05) is 71.5 Å². The fraction of sp³-hybridized carbons (Fsp3) is 0.750. The number of amides is 3. The molecule has 2 aliphatic heterocycles. The van der Waals surface area contributed by atoms with E-state index < -0.39 is 0 Å². The van der Waals surface area contributed by atoms with E-state index in [9.17, 15) is 14.4 Å². The summed E-state index contributed by atoms with van der Waals surface area (Å²) in [7, 11) is 1.66. The molecule has 0 spiro atoms. The lowest BCUT2D eigenvalue weighted by Crippen LogP contribution is -2.56. The fourth-order valence-electron chi connectivity index (χ4n) is 5.04. The Balaban J connectivity index is 1.91. The van der Waals surface area contributed by atoms with Crippen molar-refractivity contribution in [1.29, 1.82) is 0 Å². The smallest absolute Gasteiger partial charge is 0.259 e. The van der Waals surface area contributed by atoms with Crippen molar-refractivity contribution < 1.29 is 23.9 Å². The lowest BCUT2D eigenvalue weighted by atomic mass is 9.91. The van der Waals surface area contributed by atoms with Gasteiger partial charge in [-0.2, -0.15) is 0 Å². The van der Waals surface area contributed by atoms with Crippen molar-refractivity contribution in [3.8, 4) is 0 Å². The zero-order chi connectivity index (χ0) is 28.6. The molecule has 2 aliphatic rings. The lowest BCUT2D eigenvalue weighted by molar-refractivity contribution is -0.143. The van der Waals surface area contributed by atoms with Crippen LogP contribution in [0.4, 0.5) is 5.82 Å². The third kappa shape index (κ3) is 8.35. The molecule has 3 heterocycles. The molecule has 2 fully saturated rings. The summed E-state index contributed by atoms with van der Waals surface area (Å²) in [6.45, 7) is 14.7. The minimum atomic E-state index is -0.374. The first kappa shape index (κ1) is 30.7. The Labute approximate surface area is 232 Å². The normalized spacial score (nSPS) is 20.2.